The lowest BCUT2D eigenvalue weighted by Crippen LogP contribution is -2.43. The molecule has 0 amide bonds. The molecular weight excluding hydrogens is 208 g/mol. The van der Waals surface area contributed by atoms with Gasteiger partial charge in [-0.15, -0.1) is 0 Å². The van der Waals surface area contributed by atoms with Crippen molar-refractivity contribution in [1.82, 2.24) is 0 Å². The summed E-state index contributed by atoms with van der Waals surface area (Å²) in [5.74, 6) is -2.43. The SMILES string of the molecule is CC1CCC(O)(C(C)C(=O)OC(C)(C)C)O1. The zero-order valence-corrected chi connectivity index (χ0v) is 10.7. The van der Waals surface area contributed by atoms with Gasteiger partial charge in [0.2, 0.25) is 0 Å². The summed E-state index contributed by atoms with van der Waals surface area (Å²) >= 11 is 0. The quantitative estimate of drug-likeness (QED) is 0.735. The van der Waals surface area contributed by atoms with Gasteiger partial charge in [-0.1, -0.05) is 0 Å². The highest BCUT2D eigenvalue weighted by atomic mass is 16.6. The van der Waals surface area contributed by atoms with Crippen molar-refractivity contribution in [3.05, 3.63) is 0 Å². The Morgan fingerprint density at radius 1 is 1.56 bits per heavy atom. The van der Waals surface area contributed by atoms with E-state index in [1.54, 1.807) is 27.7 Å². The largest absolute Gasteiger partial charge is 0.460 e. The maximum atomic E-state index is 11.8. The molecule has 0 radical (unpaired) electrons. The maximum Gasteiger partial charge on any atom is 0.314 e. The minimum absolute atomic E-state index is 0.00473. The Kier molecular flexibility index (Phi) is 3.65. The Bertz CT molecular complexity index is 269. The summed E-state index contributed by atoms with van der Waals surface area (Å²) in [6, 6.07) is 0. The number of carbonyl (C=O) groups is 1. The molecule has 0 spiro atoms. The highest BCUT2D eigenvalue weighted by Gasteiger charge is 2.46. The molecule has 1 aliphatic heterocycles. The standard InChI is InChI=1S/C12H22O4/c1-8-6-7-12(14,15-8)9(2)10(13)16-11(3,4)5/h8-9,14H,6-7H2,1-5H3. The summed E-state index contributed by atoms with van der Waals surface area (Å²) in [6.07, 6.45) is 1.24. The molecule has 16 heavy (non-hydrogen) atoms. The van der Waals surface area contributed by atoms with E-state index >= 15 is 0 Å². The third kappa shape index (κ3) is 3.19. The van der Waals surface area contributed by atoms with E-state index in [9.17, 15) is 9.90 Å². The average Bonchev–Trinajstić information content (AvgIpc) is 2.43. The van der Waals surface area contributed by atoms with E-state index in [1.165, 1.54) is 0 Å². The average molecular weight is 230 g/mol. The molecule has 3 unspecified atom stereocenters. The molecule has 1 fully saturated rings. The van der Waals surface area contributed by atoms with E-state index in [-0.39, 0.29) is 6.10 Å². The van der Waals surface area contributed by atoms with Crippen LogP contribution in [-0.4, -0.2) is 28.6 Å². The van der Waals surface area contributed by atoms with Crippen LogP contribution in [0.1, 0.15) is 47.5 Å². The maximum absolute atomic E-state index is 11.8. The van der Waals surface area contributed by atoms with Crippen molar-refractivity contribution in [2.75, 3.05) is 0 Å². The first-order chi connectivity index (χ1) is 7.14. The topological polar surface area (TPSA) is 55.8 Å². The molecule has 94 valence electrons. The van der Waals surface area contributed by atoms with Crippen molar-refractivity contribution in [3.63, 3.8) is 0 Å². The molecule has 4 heteroatoms. The Balaban J connectivity index is 2.64. The van der Waals surface area contributed by atoms with Crippen LogP contribution in [0.2, 0.25) is 0 Å². The van der Waals surface area contributed by atoms with Crippen LogP contribution in [0.5, 0.6) is 0 Å². The molecule has 1 heterocycles. The van der Waals surface area contributed by atoms with Gasteiger partial charge in [-0.05, 0) is 41.0 Å². The van der Waals surface area contributed by atoms with Crippen molar-refractivity contribution in [3.8, 4) is 0 Å². The second kappa shape index (κ2) is 4.34. The molecule has 0 saturated carbocycles. The Hall–Kier alpha value is -0.610. The molecule has 1 rings (SSSR count). The van der Waals surface area contributed by atoms with Crippen LogP contribution in [0.3, 0.4) is 0 Å². The zero-order chi connectivity index (χ0) is 12.6. The van der Waals surface area contributed by atoms with Gasteiger partial charge >= 0.3 is 5.97 Å². The lowest BCUT2D eigenvalue weighted by atomic mass is 9.97. The predicted octanol–water partition coefficient (Wildman–Crippen LogP) is 1.85. The van der Waals surface area contributed by atoms with Crippen molar-refractivity contribution in [1.29, 1.82) is 0 Å². The van der Waals surface area contributed by atoms with Gasteiger partial charge in [-0.25, -0.2) is 0 Å². The normalized spacial score (nSPS) is 32.5. The van der Waals surface area contributed by atoms with Gasteiger partial charge in [0, 0.05) is 6.42 Å². The lowest BCUT2D eigenvalue weighted by Gasteiger charge is -2.30. The van der Waals surface area contributed by atoms with Crippen molar-refractivity contribution >= 4 is 5.97 Å². The van der Waals surface area contributed by atoms with E-state index in [4.69, 9.17) is 9.47 Å². The van der Waals surface area contributed by atoms with E-state index in [0.29, 0.717) is 6.42 Å². The molecule has 4 nitrogen and oxygen atoms in total. The number of aliphatic hydroxyl groups is 1. The van der Waals surface area contributed by atoms with E-state index in [0.717, 1.165) is 6.42 Å². The zero-order valence-electron chi connectivity index (χ0n) is 10.7. The summed E-state index contributed by atoms with van der Waals surface area (Å²) in [5.41, 5.74) is -0.536. The van der Waals surface area contributed by atoms with E-state index < -0.39 is 23.3 Å². The minimum Gasteiger partial charge on any atom is -0.460 e. The van der Waals surface area contributed by atoms with Gasteiger partial charge < -0.3 is 14.6 Å². The molecule has 0 aliphatic carbocycles. The molecular formula is C12H22O4. The van der Waals surface area contributed by atoms with Gasteiger partial charge in [0.05, 0.1) is 6.10 Å². The number of ether oxygens (including phenoxy) is 2. The van der Waals surface area contributed by atoms with Gasteiger partial charge in [0.15, 0.2) is 5.79 Å². The van der Waals surface area contributed by atoms with Crippen LogP contribution in [0.4, 0.5) is 0 Å². The van der Waals surface area contributed by atoms with Crippen molar-refractivity contribution in [2.24, 2.45) is 5.92 Å². The molecule has 0 aromatic rings. The summed E-state index contributed by atoms with van der Waals surface area (Å²) in [7, 11) is 0. The first kappa shape index (κ1) is 13.5. The monoisotopic (exact) mass is 230 g/mol. The van der Waals surface area contributed by atoms with Crippen LogP contribution >= 0.6 is 0 Å². The summed E-state index contributed by atoms with van der Waals surface area (Å²) in [5, 5.41) is 10.2. The lowest BCUT2D eigenvalue weighted by molar-refractivity contribution is -0.229. The fourth-order valence-electron chi connectivity index (χ4n) is 1.77. The van der Waals surface area contributed by atoms with Crippen LogP contribution in [0.25, 0.3) is 0 Å². The van der Waals surface area contributed by atoms with E-state index in [2.05, 4.69) is 0 Å². The Morgan fingerprint density at radius 2 is 2.12 bits per heavy atom. The summed E-state index contributed by atoms with van der Waals surface area (Å²) in [6.45, 7) is 8.95. The highest BCUT2D eigenvalue weighted by molar-refractivity contribution is 5.73. The first-order valence-corrected chi connectivity index (χ1v) is 5.77. The van der Waals surface area contributed by atoms with Gasteiger partial charge in [-0.3, -0.25) is 4.79 Å². The van der Waals surface area contributed by atoms with Gasteiger partial charge in [0.1, 0.15) is 11.5 Å². The molecule has 1 N–H and O–H groups in total. The van der Waals surface area contributed by atoms with Crippen molar-refractivity contribution < 1.29 is 19.4 Å². The second-order valence-electron chi connectivity index (χ2n) is 5.57. The number of carbonyl (C=O) groups excluding carboxylic acids is 1. The Labute approximate surface area is 96.9 Å². The third-order valence-electron chi connectivity index (χ3n) is 2.75. The summed E-state index contributed by atoms with van der Waals surface area (Å²) in [4.78, 5) is 11.8. The first-order valence-electron chi connectivity index (χ1n) is 5.77. The molecule has 0 aromatic carbocycles. The molecule has 0 aromatic heterocycles. The second-order valence-corrected chi connectivity index (χ2v) is 5.57. The molecule has 0 bridgehead atoms. The minimum atomic E-state index is -1.36. The third-order valence-corrected chi connectivity index (χ3v) is 2.75. The molecule has 1 saturated heterocycles. The van der Waals surface area contributed by atoms with Crippen molar-refractivity contribution in [2.45, 2.75) is 65.0 Å². The highest BCUT2D eigenvalue weighted by Crippen LogP contribution is 2.35. The predicted molar refractivity (Wildman–Crippen MR) is 59.7 cm³/mol. The number of rotatable bonds is 2. The summed E-state index contributed by atoms with van der Waals surface area (Å²) < 4.78 is 10.6. The van der Waals surface area contributed by atoms with Crippen LogP contribution in [0.15, 0.2) is 0 Å². The van der Waals surface area contributed by atoms with Gasteiger partial charge in [0.25, 0.3) is 0 Å². The molecule has 3 atom stereocenters. The smallest absolute Gasteiger partial charge is 0.314 e. The molecule has 1 aliphatic rings. The van der Waals surface area contributed by atoms with Crippen LogP contribution in [0, 0.1) is 5.92 Å². The number of esters is 1. The van der Waals surface area contributed by atoms with Gasteiger partial charge in [-0.2, -0.15) is 0 Å². The number of hydrogen-bond acceptors (Lipinski definition) is 4. The Morgan fingerprint density at radius 3 is 2.50 bits per heavy atom. The fraction of sp³-hybridized carbons (Fsp3) is 0.917. The van der Waals surface area contributed by atoms with Crippen LogP contribution < -0.4 is 0 Å². The van der Waals surface area contributed by atoms with E-state index in [1.807, 2.05) is 6.92 Å². The fourth-order valence-corrected chi connectivity index (χ4v) is 1.77. The number of hydrogen-bond donors (Lipinski definition) is 1. The van der Waals surface area contributed by atoms with Crippen LogP contribution in [-0.2, 0) is 14.3 Å².